The monoisotopic (exact) mass is 435 g/mol. The highest BCUT2D eigenvalue weighted by atomic mass is 16.5. The number of pyridine rings is 1. The van der Waals surface area contributed by atoms with E-state index in [-0.39, 0.29) is 11.7 Å². The van der Waals surface area contributed by atoms with Crippen molar-refractivity contribution in [3.63, 3.8) is 0 Å². The van der Waals surface area contributed by atoms with Crippen molar-refractivity contribution in [1.29, 1.82) is 0 Å². The molecule has 0 unspecified atom stereocenters. The van der Waals surface area contributed by atoms with Crippen LogP contribution in [0.1, 0.15) is 41.4 Å². The minimum absolute atomic E-state index is 0.183. The molecule has 3 aromatic rings. The molecule has 32 heavy (non-hydrogen) atoms. The van der Waals surface area contributed by atoms with E-state index in [2.05, 4.69) is 17.2 Å². The number of unbranched alkanes of at least 4 members (excludes halogenated alkanes) is 1. The molecule has 3 rings (SSSR count). The van der Waals surface area contributed by atoms with Gasteiger partial charge in [-0.1, -0.05) is 25.5 Å². The molecule has 0 bridgehead atoms. The van der Waals surface area contributed by atoms with Gasteiger partial charge in [0, 0.05) is 13.7 Å². The molecule has 7 heteroatoms. The van der Waals surface area contributed by atoms with E-state index in [1.54, 1.807) is 19.2 Å². The summed E-state index contributed by atoms with van der Waals surface area (Å²) >= 11 is 0. The van der Waals surface area contributed by atoms with Gasteiger partial charge in [0.15, 0.2) is 0 Å². The highest BCUT2D eigenvalue weighted by molar-refractivity contribution is 5.98. The van der Waals surface area contributed by atoms with Crippen LogP contribution in [-0.2, 0) is 17.9 Å². The second kappa shape index (κ2) is 11.7. The number of nitrogens with one attached hydrogen (secondary N) is 1. The summed E-state index contributed by atoms with van der Waals surface area (Å²) in [5.41, 5.74) is 7.86. The molecule has 168 valence electrons. The maximum atomic E-state index is 12.4. The Kier molecular flexibility index (Phi) is 8.45. The molecule has 0 aliphatic rings. The smallest absolute Gasteiger partial charge is 0.255 e. The summed E-state index contributed by atoms with van der Waals surface area (Å²) in [5, 5.41) is 2.86. The van der Waals surface area contributed by atoms with Crippen LogP contribution < -0.4 is 20.5 Å². The summed E-state index contributed by atoms with van der Waals surface area (Å²) in [6.07, 6.45) is 2.14. The number of nitrogen functional groups attached to an aromatic ring is 1. The van der Waals surface area contributed by atoms with Gasteiger partial charge in [-0.05, 0) is 60.5 Å². The summed E-state index contributed by atoms with van der Waals surface area (Å²) in [4.78, 5) is 16.6. The molecule has 0 spiro atoms. The second-order valence-electron chi connectivity index (χ2n) is 7.27. The molecule has 0 fully saturated rings. The molecule has 1 amide bonds. The van der Waals surface area contributed by atoms with E-state index in [0.717, 1.165) is 36.5 Å². The zero-order valence-corrected chi connectivity index (χ0v) is 18.5. The fourth-order valence-corrected chi connectivity index (χ4v) is 2.96. The average molecular weight is 436 g/mol. The van der Waals surface area contributed by atoms with Gasteiger partial charge in [-0.2, -0.15) is 0 Å². The van der Waals surface area contributed by atoms with Crippen molar-refractivity contribution in [1.82, 2.24) is 10.3 Å². The number of hydrogen-bond acceptors (Lipinski definition) is 6. The number of carbonyl (C=O) groups excluding carboxylic acids is 1. The molecule has 0 atom stereocenters. The maximum absolute atomic E-state index is 12.4. The van der Waals surface area contributed by atoms with E-state index in [0.29, 0.717) is 30.2 Å². The number of carbonyl (C=O) groups is 1. The Bertz CT molecular complexity index is 1000. The van der Waals surface area contributed by atoms with Gasteiger partial charge in [-0.3, -0.25) is 4.79 Å². The summed E-state index contributed by atoms with van der Waals surface area (Å²) in [6.45, 7) is 3.56. The van der Waals surface area contributed by atoms with Gasteiger partial charge in [0.2, 0.25) is 0 Å². The number of rotatable bonds is 11. The molecule has 2 aromatic carbocycles. The number of amides is 1. The van der Waals surface area contributed by atoms with Gasteiger partial charge < -0.3 is 25.3 Å². The summed E-state index contributed by atoms with van der Waals surface area (Å²) in [5.74, 6) is 2.18. The number of methoxy groups -OCH3 is 1. The molecular formula is C25H29N3O4. The van der Waals surface area contributed by atoms with Gasteiger partial charge in [0.05, 0.1) is 24.5 Å². The van der Waals surface area contributed by atoms with Crippen LogP contribution in [0.3, 0.4) is 0 Å². The lowest BCUT2D eigenvalue weighted by Crippen LogP contribution is -2.24. The molecule has 3 N–H and O–H groups in total. The van der Waals surface area contributed by atoms with Crippen molar-refractivity contribution < 1.29 is 19.0 Å². The first kappa shape index (κ1) is 23.1. The number of anilines is 1. The summed E-state index contributed by atoms with van der Waals surface area (Å²) in [6, 6.07) is 18.5. The molecule has 0 aliphatic carbocycles. The fraction of sp³-hybridized carbons (Fsp3) is 0.280. The first-order valence-corrected chi connectivity index (χ1v) is 10.6. The number of ether oxygens (including phenoxy) is 3. The zero-order chi connectivity index (χ0) is 22.8. The topological polar surface area (TPSA) is 95.7 Å². The lowest BCUT2D eigenvalue weighted by atomic mass is 10.2. The number of nitrogens with zero attached hydrogens (tertiary/aromatic N) is 1. The first-order chi connectivity index (χ1) is 15.6. The summed E-state index contributed by atoms with van der Waals surface area (Å²) in [7, 11) is 1.58. The molecule has 0 aliphatic heterocycles. The average Bonchev–Trinajstić information content (AvgIpc) is 2.80. The largest absolute Gasteiger partial charge is 0.494 e. The number of aromatic nitrogens is 1. The van der Waals surface area contributed by atoms with E-state index >= 15 is 0 Å². The number of benzene rings is 2. The predicted octanol–water partition coefficient (Wildman–Crippen LogP) is 4.71. The highest BCUT2D eigenvalue weighted by Crippen LogP contribution is 2.24. The van der Waals surface area contributed by atoms with Crippen LogP contribution in [0, 0.1) is 0 Å². The number of nitrogens with two attached hydrogens (primary N) is 1. The minimum Gasteiger partial charge on any atom is -0.494 e. The van der Waals surface area contributed by atoms with Crippen LogP contribution in [0.15, 0.2) is 60.7 Å². The zero-order valence-electron chi connectivity index (χ0n) is 18.5. The molecule has 0 saturated heterocycles. The molecular weight excluding hydrogens is 406 g/mol. The maximum Gasteiger partial charge on any atom is 0.255 e. The van der Waals surface area contributed by atoms with E-state index in [4.69, 9.17) is 19.9 Å². The van der Waals surface area contributed by atoms with Crippen molar-refractivity contribution in [2.24, 2.45) is 0 Å². The summed E-state index contributed by atoms with van der Waals surface area (Å²) < 4.78 is 16.6. The SMILES string of the molecule is CCCCOc1ccc(Oc2ccc(CNC(=O)c3ccc(COC)nc3N)cc2)cc1. The molecule has 0 radical (unpaired) electrons. The van der Waals surface area contributed by atoms with Crippen LogP contribution in [-0.4, -0.2) is 24.6 Å². The minimum atomic E-state index is -0.277. The van der Waals surface area contributed by atoms with Crippen molar-refractivity contribution in [2.75, 3.05) is 19.5 Å². The van der Waals surface area contributed by atoms with Gasteiger partial charge in [0.25, 0.3) is 5.91 Å². The molecule has 1 aromatic heterocycles. The van der Waals surface area contributed by atoms with Crippen LogP contribution in [0.25, 0.3) is 0 Å². The van der Waals surface area contributed by atoms with Crippen LogP contribution in [0.5, 0.6) is 17.2 Å². The third-order valence-electron chi connectivity index (χ3n) is 4.72. The quantitative estimate of drug-likeness (QED) is 0.424. The van der Waals surface area contributed by atoms with E-state index in [1.165, 1.54) is 0 Å². The van der Waals surface area contributed by atoms with E-state index in [9.17, 15) is 4.79 Å². The van der Waals surface area contributed by atoms with Gasteiger partial charge in [-0.25, -0.2) is 4.98 Å². The Morgan fingerprint density at radius 3 is 2.25 bits per heavy atom. The van der Waals surface area contributed by atoms with Crippen molar-refractivity contribution >= 4 is 11.7 Å². The fourth-order valence-electron chi connectivity index (χ4n) is 2.96. The van der Waals surface area contributed by atoms with Gasteiger partial charge in [0.1, 0.15) is 23.1 Å². The normalized spacial score (nSPS) is 10.6. The Labute approximate surface area is 188 Å². The molecule has 7 nitrogen and oxygen atoms in total. The van der Waals surface area contributed by atoms with Gasteiger partial charge >= 0.3 is 0 Å². The van der Waals surface area contributed by atoms with Crippen LogP contribution >= 0.6 is 0 Å². The number of hydrogen-bond donors (Lipinski definition) is 2. The molecule has 0 saturated carbocycles. The predicted molar refractivity (Wildman–Crippen MR) is 124 cm³/mol. The highest BCUT2D eigenvalue weighted by Gasteiger charge is 2.11. The first-order valence-electron chi connectivity index (χ1n) is 10.6. The van der Waals surface area contributed by atoms with Crippen molar-refractivity contribution in [3.05, 3.63) is 77.5 Å². The lowest BCUT2D eigenvalue weighted by molar-refractivity contribution is 0.0951. The van der Waals surface area contributed by atoms with Crippen molar-refractivity contribution in [2.45, 2.75) is 32.9 Å². The van der Waals surface area contributed by atoms with Crippen LogP contribution in [0.4, 0.5) is 5.82 Å². The Balaban J connectivity index is 1.51. The van der Waals surface area contributed by atoms with E-state index < -0.39 is 0 Å². The Hall–Kier alpha value is -3.58. The standard InChI is InChI=1S/C25H29N3O4/c1-3-4-15-31-20-10-12-22(13-11-20)32-21-8-5-18(6-9-21)16-27-25(29)23-14-7-19(17-30-2)28-24(23)26/h5-14H,3-4,15-17H2,1-2H3,(H2,26,28)(H,27,29). The van der Waals surface area contributed by atoms with Crippen molar-refractivity contribution in [3.8, 4) is 17.2 Å². The third kappa shape index (κ3) is 6.72. The third-order valence-corrected chi connectivity index (χ3v) is 4.72. The lowest BCUT2D eigenvalue weighted by Gasteiger charge is -2.10. The second-order valence-corrected chi connectivity index (χ2v) is 7.27. The Morgan fingerprint density at radius 2 is 1.62 bits per heavy atom. The Morgan fingerprint density at radius 1 is 0.969 bits per heavy atom. The van der Waals surface area contributed by atoms with Crippen LogP contribution in [0.2, 0.25) is 0 Å². The molecule has 1 heterocycles. The van der Waals surface area contributed by atoms with E-state index in [1.807, 2.05) is 48.5 Å². The van der Waals surface area contributed by atoms with Gasteiger partial charge in [-0.15, -0.1) is 0 Å².